The molecule has 7 heteroatoms. The molecule has 112 valence electrons. The van der Waals surface area contributed by atoms with Crippen molar-refractivity contribution in [3.8, 4) is 0 Å². The predicted molar refractivity (Wildman–Crippen MR) is 64.5 cm³/mol. The Hall–Kier alpha value is -0.980. The quantitative estimate of drug-likeness (QED) is 0.777. The van der Waals surface area contributed by atoms with Gasteiger partial charge in [-0.2, -0.15) is 13.2 Å². The molecule has 1 fully saturated rings. The van der Waals surface area contributed by atoms with Crippen LogP contribution in [0, 0.1) is 5.92 Å². The van der Waals surface area contributed by atoms with Gasteiger partial charge in [0.1, 0.15) is 5.60 Å². The van der Waals surface area contributed by atoms with Crippen LogP contribution in [0.4, 0.5) is 18.0 Å². The van der Waals surface area contributed by atoms with Gasteiger partial charge in [0.15, 0.2) is 0 Å². The minimum atomic E-state index is -4.27. The largest absolute Gasteiger partial charge is 0.444 e. The second-order valence-corrected chi connectivity index (χ2v) is 6.05. The first-order valence-corrected chi connectivity index (χ1v) is 6.29. The highest BCUT2D eigenvalue weighted by molar-refractivity contribution is 5.68. The molecular formula is C12H21F3N2O2. The van der Waals surface area contributed by atoms with Gasteiger partial charge < -0.3 is 15.8 Å². The van der Waals surface area contributed by atoms with Crippen LogP contribution in [0.1, 0.15) is 40.0 Å². The molecule has 1 aliphatic carbocycles. The highest BCUT2D eigenvalue weighted by atomic mass is 19.4. The Labute approximate surface area is 110 Å². The van der Waals surface area contributed by atoms with Crippen LogP contribution >= 0.6 is 0 Å². The van der Waals surface area contributed by atoms with E-state index in [4.69, 9.17) is 10.5 Å². The molecule has 1 saturated carbocycles. The molecule has 0 aromatic heterocycles. The Morgan fingerprint density at radius 2 is 1.79 bits per heavy atom. The van der Waals surface area contributed by atoms with Crippen molar-refractivity contribution in [2.75, 3.05) is 0 Å². The van der Waals surface area contributed by atoms with E-state index in [1.807, 2.05) is 0 Å². The molecule has 19 heavy (non-hydrogen) atoms. The number of alkyl halides is 3. The van der Waals surface area contributed by atoms with Crippen molar-refractivity contribution >= 4 is 6.09 Å². The lowest BCUT2D eigenvalue weighted by Gasteiger charge is -2.34. The molecule has 0 aromatic rings. The zero-order valence-electron chi connectivity index (χ0n) is 11.4. The van der Waals surface area contributed by atoms with Crippen LogP contribution in [0.2, 0.25) is 0 Å². The van der Waals surface area contributed by atoms with E-state index < -0.39 is 35.9 Å². The first-order chi connectivity index (χ1) is 8.47. The van der Waals surface area contributed by atoms with Crippen molar-refractivity contribution in [1.29, 1.82) is 0 Å². The molecule has 4 nitrogen and oxygen atoms in total. The summed E-state index contributed by atoms with van der Waals surface area (Å²) in [6.07, 6.45) is -4.86. The van der Waals surface area contributed by atoms with Crippen LogP contribution in [0.5, 0.6) is 0 Å². The minimum absolute atomic E-state index is 0.0873. The van der Waals surface area contributed by atoms with Crippen LogP contribution in [0.25, 0.3) is 0 Å². The average Bonchev–Trinajstić information content (AvgIpc) is 2.11. The number of carbonyl (C=O) groups excluding carboxylic acids is 1. The van der Waals surface area contributed by atoms with Crippen LogP contribution in [0.15, 0.2) is 0 Å². The number of hydrogen-bond acceptors (Lipinski definition) is 3. The maximum atomic E-state index is 12.7. The Morgan fingerprint density at radius 3 is 2.26 bits per heavy atom. The summed E-state index contributed by atoms with van der Waals surface area (Å²) in [5, 5.41) is 2.47. The van der Waals surface area contributed by atoms with Gasteiger partial charge in [-0.1, -0.05) is 0 Å². The molecule has 1 rings (SSSR count). The Balaban J connectivity index is 2.56. The molecule has 0 aliphatic heterocycles. The summed E-state index contributed by atoms with van der Waals surface area (Å²) < 4.78 is 43.1. The number of halogens is 3. The normalized spacial score (nSPS) is 28.9. The molecule has 3 atom stereocenters. The highest BCUT2D eigenvalue weighted by Gasteiger charge is 2.44. The smallest absolute Gasteiger partial charge is 0.407 e. The molecular weight excluding hydrogens is 261 g/mol. The number of amides is 1. The van der Waals surface area contributed by atoms with Gasteiger partial charge in [-0.05, 0) is 40.0 Å². The standard InChI is InChI=1S/C12H21F3N2O2/c1-11(2,3)19-10(18)17-9-5-7(12(13,14)15)4-8(16)6-9/h7-9H,4-6,16H2,1-3H3,(H,17,18)/t7-,8+,9-/m1/s1. The van der Waals surface area contributed by atoms with Crippen molar-refractivity contribution < 1.29 is 22.7 Å². The number of alkyl carbamates (subject to hydrolysis) is 1. The molecule has 0 bridgehead atoms. The average molecular weight is 282 g/mol. The molecule has 0 heterocycles. The van der Waals surface area contributed by atoms with Crippen molar-refractivity contribution in [3.63, 3.8) is 0 Å². The van der Waals surface area contributed by atoms with Crippen LogP contribution in [-0.2, 0) is 4.74 Å². The summed E-state index contributed by atoms with van der Waals surface area (Å²) in [5.74, 6) is -1.46. The lowest BCUT2D eigenvalue weighted by atomic mass is 9.82. The monoisotopic (exact) mass is 282 g/mol. The zero-order chi connectivity index (χ0) is 14.8. The van der Waals surface area contributed by atoms with Crippen LogP contribution < -0.4 is 11.1 Å². The van der Waals surface area contributed by atoms with E-state index in [1.165, 1.54) is 0 Å². The number of ether oxygens (including phenoxy) is 1. The third kappa shape index (κ3) is 5.67. The van der Waals surface area contributed by atoms with Crippen LogP contribution in [-0.4, -0.2) is 30.0 Å². The lowest BCUT2D eigenvalue weighted by Crippen LogP contribution is -2.49. The fourth-order valence-corrected chi connectivity index (χ4v) is 2.22. The van der Waals surface area contributed by atoms with Gasteiger partial charge in [0.25, 0.3) is 0 Å². The molecule has 0 spiro atoms. The molecule has 1 amide bonds. The minimum Gasteiger partial charge on any atom is -0.444 e. The summed E-state index contributed by atoms with van der Waals surface area (Å²) in [6.45, 7) is 5.08. The summed E-state index contributed by atoms with van der Waals surface area (Å²) >= 11 is 0. The SMILES string of the molecule is CC(C)(C)OC(=O)N[C@H]1C[C@@H](N)C[C@@H](C(F)(F)F)C1. The number of nitrogens with one attached hydrogen (secondary N) is 1. The van der Waals surface area contributed by atoms with Crippen LogP contribution in [0.3, 0.4) is 0 Å². The maximum Gasteiger partial charge on any atom is 0.407 e. The summed E-state index contributed by atoms with van der Waals surface area (Å²) in [4.78, 5) is 11.5. The van der Waals surface area contributed by atoms with Gasteiger partial charge in [0.2, 0.25) is 0 Å². The molecule has 0 aromatic carbocycles. The number of rotatable bonds is 1. The van der Waals surface area contributed by atoms with Crippen molar-refractivity contribution in [1.82, 2.24) is 5.32 Å². The highest BCUT2D eigenvalue weighted by Crippen LogP contribution is 2.37. The first-order valence-electron chi connectivity index (χ1n) is 6.29. The maximum absolute atomic E-state index is 12.7. The van der Waals surface area contributed by atoms with Crippen molar-refractivity contribution in [2.45, 2.75) is 63.9 Å². The number of hydrogen-bond donors (Lipinski definition) is 2. The molecule has 0 unspecified atom stereocenters. The Morgan fingerprint density at radius 1 is 1.21 bits per heavy atom. The van der Waals surface area contributed by atoms with E-state index in [0.29, 0.717) is 6.42 Å². The fraction of sp³-hybridized carbons (Fsp3) is 0.917. The van der Waals surface area contributed by atoms with Gasteiger partial charge in [-0.15, -0.1) is 0 Å². The van der Waals surface area contributed by atoms with Gasteiger partial charge in [0.05, 0.1) is 5.92 Å². The van der Waals surface area contributed by atoms with E-state index in [0.717, 1.165) is 0 Å². The molecule has 1 aliphatic rings. The summed E-state index contributed by atoms with van der Waals surface area (Å²) in [6, 6.07) is -1.15. The lowest BCUT2D eigenvalue weighted by molar-refractivity contribution is -0.184. The third-order valence-corrected chi connectivity index (χ3v) is 2.93. The number of nitrogens with two attached hydrogens (primary N) is 1. The zero-order valence-corrected chi connectivity index (χ0v) is 11.4. The topological polar surface area (TPSA) is 64.3 Å². The van der Waals surface area contributed by atoms with Gasteiger partial charge >= 0.3 is 12.3 Å². The van der Waals surface area contributed by atoms with Gasteiger partial charge in [0, 0.05) is 12.1 Å². The van der Waals surface area contributed by atoms with Crippen molar-refractivity contribution in [2.24, 2.45) is 11.7 Å². The van der Waals surface area contributed by atoms with E-state index in [2.05, 4.69) is 5.32 Å². The first kappa shape index (κ1) is 16.1. The van der Waals surface area contributed by atoms with E-state index in [1.54, 1.807) is 20.8 Å². The molecule has 0 saturated heterocycles. The van der Waals surface area contributed by atoms with E-state index >= 15 is 0 Å². The Bertz CT molecular complexity index is 326. The summed E-state index contributed by atoms with van der Waals surface area (Å²) in [5.41, 5.74) is 4.95. The number of carbonyl (C=O) groups is 1. The molecule has 3 N–H and O–H groups in total. The van der Waals surface area contributed by atoms with E-state index in [9.17, 15) is 18.0 Å². The van der Waals surface area contributed by atoms with Gasteiger partial charge in [-0.25, -0.2) is 4.79 Å². The second kappa shape index (κ2) is 5.56. The summed E-state index contributed by atoms with van der Waals surface area (Å²) in [7, 11) is 0. The van der Waals surface area contributed by atoms with E-state index in [-0.39, 0.29) is 12.8 Å². The predicted octanol–water partition coefficient (Wildman–Crippen LogP) is 2.57. The fourth-order valence-electron chi connectivity index (χ4n) is 2.22. The van der Waals surface area contributed by atoms with Gasteiger partial charge in [-0.3, -0.25) is 0 Å². The molecule has 0 radical (unpaired) electrons. The Kier molecular flexibility index (Phi) is 4.71. The van der Waals surface area contributed by atoms with Crippen molar-refractivity contribution in [3.05, 3.63) is 0 Å². The third-order valence-electron chi connectivity index (χ3n) is 2.93. The second-order valence-electron chi connectivity index (χ2n) is 6.05.